The smallest absolute Gasteiger partial charge is 0.254 e. The molecule has 0 unspecified atom stereocenters. The van der Waals surface area contributed by atoms with E-state index in [1.54, 1.807) is 19.2 Å². The molecule has 1 aromatic carbocycles. The van der Waals surface area contributed by atoms with Gasteiger partial charge in [0.1, 0.15) is 5.78 Å². The summed E-state index contributed by atoms with van der Waals surface area (Å²) in [5.41, 5.74) is 0.616. The molecule has 0 saturated heterocycles. The fourth-order valence-corrected chi connectivity index (χ4v) is 1.79. The van der Waals surface area contributed by atoms with Gasteiger partial charge in [-0.2, -0.15) is 0 Å². The number of nitrogens with zero attached hydrogens (tertiary/aromatic N) is 1. The molecule has 0 fully saturated rings. The third kappa shape index (κ3) is 3.62. The second-order valence-electron chi connectivity index (χ2n) is 3.37. The van der Waals surface area contributed by atoms with Crippen molar-refractivity contribution < 1.29 is 9.59 Å². The van der Waals surface area contributed by atoms with Gasteiger partial charge < -0.3 is 4.90 Å². The largest absolute Gasteiger partial charge is 0.334 e. The maximum Gasteiger partial charge on any atom is 0.254 e. The summed E-state index contributed by atoms with van der Waals surface area (Å²) in [6.07, 6.45) is 0. The van der Waals surface area contributed by atoms with Crippen LogP contribution in [-0.2, 0) is 4.79 Å². The van der Waals surface area contributed by atoms with Gasteiger partial charge in [-0.05, 0) is 47.7 Å². The predicted molar refractivity (Wildman–Crippen MR) is 66.8 cm³/mol. The van der Waals surface area contributed by atoms with E-state index in [1.807, 2.05) is 12.1 Å². The zero-order valence-electron chi connectivity index (χ0n) is 8.66. The van der Waals surface area contributed by atoms with Crippen LogP contribution in [0.15, 0.2) is 24.3 Å². The van der Waals surface area contributed by atoms with Crippen LogP contribution in [-0.4, -0.2) is 30.2 Å². The molecule has 4 heteroatoms. The van der Waals surface area contributed by atoms with E-state index in [9.17, 15) is 9.59 Å². The van der Waals surface area contributed by atoms with Gasteiger partial charge in [0.2, 0.25) is 0 Å². The number of benzene rings is 1. The molecule has 1 amide bonds. The molecule has 0 spiro atoms. The summed E-state index contributed by atoms with van der Waals surface area (Å²) >= 11 is 2.15. The zero-order chi connectivity index (χ0) is 11.4. The Balaban J connectivity index is 2.80. The molecule has 0 aliphatic heterocycles. The number of Topliss-reactive ketones (excluding diaryl/α,β-unsaturated/α-hetero) is 1. The van der Waals surface area contributed by atoms with E-state index in [2.05, 4.69) is 22.6 Å². The van der Waals surface area contributed by atoms with Crippen LogP contribution in [0.1, 0.15) is 17.3 Å². The summed E-state index contributed by atoms with van der Waals surface area (Å²) in [5, 5.41) is 0. The lowest BCUT2D eigenvalue weighted by molar-refractivity contribution is -0.117. The lowest BCUT2D eigenvalue weighted by atomic mass is 10.2. The van der Waals surface area contributed by atoms with Crippen LogP contribution in [0.2, 0.25) is 0 Å². The van der Waals surface area contributed by atoms with Crippen molar-refractivity contribution in [1.29, 1.82) is 0 Å². The minimum absolute atomic E-state index is 0.0171. The first-order chi connectivity index (χ1) is 7.00. The van der Waals surface area contributed by atoms with E-state index in [4.69, 9.17) is 0 Å². The average Bonchev–Trinajstić information content (AvgIpc) is 2.15. The molecule has 0 N–H and O–H groups in total. The summed E-state index contributed by atoms with van der Waals surface area (Å²) in [6, 6.07) is 7.31. The van der Waals surface area contributed by atoms with Crippen molar-refractivity contribution in [1.82, 2.24) is 4.90 Å². The van der Waals surface area contributed by atoms with Crippen molar-refractivity contribution in [3.05, 3.63) is 33.4 Å². The van der Waals surface area contributed by atoms with Gasteiger partial charge in [-0.15, -0.1) is 0 Å². The molecule has 1 aromatic rings. The van der Waals surface area contributed by atoms with Crippen LogP contribution >= 0.6 is 22.6 Å². The molecular weight excluding hydrogens is 305 g/mol. The van der Waals surface area contributed by atoms with Crippen LogP contribution in [0.3, 0.4) is 0 Å². The standard InChI is InChI=1S/C11H12INO2/c1-8(14)7-13(2)11(15)9-4-3-5-10(12)6-9/h3-6H,7H2,1-2H3. The Morgan fingerprint density at radius 1 is 1.40 bits per heavy atom. The Hall–Kier alpha value is -0.910. The highest BCUT2D eigenvalue weighted by molar-refractivity contribution is 14.1. The van der Waals surface area contributed by atoms with Gasteiger partial charge >= 0.3 is 0 Å². The number of hydrogen-bond acceptors (Lipinski definition) is 2. The minimum atomic E-state index is -0.122. The molecule has 1 rings (SSSR count). The number of likely N-dealkylation sites (N-methyl/N-ethyl adjacent to an activating group) is 1. The van der Waals surface area contributed by atoms with E-state index in [1.165, 1.54) is 11.8 Å². The van der Waals surface area contributed by atoms with E-state index in [0.29, 0.717) is 5.56 Å². The second-order valence-corrected chi connectivity index (χ2v) is 4.62. The summed E-state index contributed by atoms with van der Waals surface area (Å²) in [7, 11) is 1.63. The third-order valence-electron chi connectivity index (χ3n) is 1.88. The normalized spacial score (nSPS) is 9.80. The van der Waals surface area contributed by atoms with Crippen molar-refractivity contribution in [2.24, 2.45) is 0 Å². The first-order valence-corrected chi connectivity index (χ1v) is 5.59. The number of carbonyl (C=O) groups is 2. The summed E-state index contributed by atoms with van der Waals surface area (Å²) < 4.78 is 1.01. The quantitative estimate of drug-likeness (QED) is 0.799. The van der Waals surface area contributed by atoms with E-state index < -0.39 is 0 Å². The number of amides is 1. The Labute approximate surface area is 103 Å². The molecule has 0 atom stereocenters. The predicted octanol–water partition coefficient (Wildman–Crippen LogP) is 1.95. The summed E-state index contributed by atoms with van der Waals surface area (Å²) in [6.45, 7) is 1.63. The highest BCUT2D eigenvalue weighted by Gasteiger charge is 2.12. The van der Waals surface area contributed by atoms with Gasteiger partial charge in [0, 0.05) is 16.2 Å². The van der Waals surface area contributed by atoms with Gasteiger partial charge in [-0.1, -0.05) is 6.07 Å². The van der Waals surface area contributed by atoms with Crippen molar-refractivity contribution in [3.8, 4) is 0 Å². The Morgan fingerprint density at radius 3 is 2.60 bits per heavy atom. The topological polar surface area (TPSA) is 37.4 Å². The summed E-state index contributed by atoms with van der Waals surface area (Å²) in [4.78, 5) is 24.1. The van der Waals surface area contributed by atoms with E-state index in [0.717, 1.165) is 3.57 Å². The number of carbonyl (C=O) groups excluding carboxylic acids is 2. The molecule has 0 radical (unpaired) electrons. The Morgan fingerprint density at radius 2 is 2.07 bits per heavy atom. The van der Waals surface area contributed by atoms with Gasteiger partial charge in [0.15, 0.2) is 0 Å². The van der Waals surface area contributed by atoms with Gasteiger partial charge in [-0.3, -0.25) is 9.59 Å². The summed E-state index contributed by atoms with van der Waals surface area (Å²) in [5.74, 6) is -0.139. The van der Waals surface area contributed by atoms with Crippen LogP contribution in [0, 0.1) is 3.57 Å². The average molecular weight is 317 g/mol. The second kappa shape index (κ2) is 5.25. The number of ketones is 1. The monoisotopic (exact) mass is 317 g/mol. The lowest BCUT2D eigenvalue weighted by Crippen LogP contribution is -2.31. The third-order valence-corrected chi connectivity index (χ3v) is 2.55. The number of hydrogen-bond donors (Lipinski definition) is 0. The molecule has 0 aliphatic carbocycles. The van der Waals surface area contributed by atoms with E-state index in [-0.39, 0.29) is 18.2 Å². The maximum atomic E-state index is 11.8. The molecule has 3 nitrogen and oxygen atoms in total. The fraction of sp³-hybridized carbons (Fsp3) is 0.273. The van der Waals surface area contributed by atoms with Gasteiger partial charge in [0.05, 0.1) is 6.54 Å². The molecule has 0 aromatic heterocycles. The zero-order valence-corrected chi connectivity index (χ0v) is 10.8. The van der Waals surface area contributed by atoms with Crippen LogP contribution in [0.25, 0.3) is 0 Å². The van der Waals surface area contributed by atoms with Crippen molar-refractivity contribution >= 4 is 34.3 Å². The van der Waals surface area contributed by atoms with Crippen LogP contribution in [0.5, 0.6) is 0 Å². The van der Waals surface area contributed by atoms with Crippen LogP contribution in [0.4, 0.5) is 0 Å². The highest BCUT2D eigenvalue weighted by atomic mass is 127. The fourth-order valence-electron chi connectivity index (χ4n) is 1.25. The SMILES string of the molecule is CC(=O)CN(C)C(=O)c1cccc(I)c1. The maximum absolute atomic E-state index is 11.8. The first kappa shape index (κ1) is 12.2. The molecule has 0 heterocycles. The van der Waals surface area contributed by atoms with Crippen molar-refractivity contribution in [2.45, 2.75) is 6.92 Å². The molecule has 80 valence electrons. The molecule has 0 saturated carbocycles. The molecule has 0 bridgehead atoms. The van der Waals surface area contributed by atoms with Gasteiger partial charge in [-0.25, -0.2) is 0 Å². The lowest BCUT2D eigenvalue weighted by Gasteiger charge is -2.15. The molecule has 15 heavy (non-hydrogen) atoms. The van der Waals surface area contributed by atoms with Crippen molar-refractivity contribution in [3.63, 3.8) is 0 Å². The van der Waals surface area contributed by atoms with Gasteiger partial charge in [0.25, 0.3) is 5.91 Å². The number of halogens is 1. The number of rotatable bonds is 3. The molecular formula is C11H12INO2. The Bertz CT molecular complexity index is 390. The van der Waals surface area contributed by atoms with Crippen molar-refractivity contribution in [2.75, 3.05) is 13.6 Å². The highest BCUT2D eigenvalue weighted by Crippen LogP contribution is 2.09. The Kier molecular flexibility index (Phi) is 4.26. The molecule has 0 aliphatic rings. The van der Waals surface area contributed by atoms with Crippen LogP contribution < -0.4 is 0 Å². The first-order valence-electron chi connectivity index (χ1n) is 4.51. The van der Waals surface area contributed by atoms with E-state index >= 15 is 0 Å². The minimum Gasteiger partial charge on any atom is -0.334 e.